The number of fused-ring (bicyclic) bond motifs is 1. The Morgan fingerprint density at radius 1 is 1.61 bits per heavy atom. The lowest BCUT2D eigenvalue weighted by Crippen LogP contribution is -2.40. The molecule has 1 saturated heterocycles. The summed E-state index contributed by atoms with van der Waals surface area (Å²) in [6, 6.07) is 4.14. The third-order valence-electron chi connectivity index (χ3n) is 3.93. The smallest absolute Gasteiger partial charge is 0.229 e. The highest BCUT2D eigenvalue weighted by Gasteiger charge is 2.37. The Morgan fingerprint density at radius 3 is 3.13 bits per heavy atom. The highest BCUT2D eigenvalue weighted by molar-refractivity contribution is 6.05. The molecule has 1 aliphatic rings. The van der Waals surface area contributed by atoms with E-state index in [0.717, 1.165) is 0 Å². The number of carbonyl (C=O) groups excluding carboxylic acids is 2. The maximum absolute atomic E-state index is 14.0. The predicted octanol–water partition coefficient (Wildman–Crippen LogP) is 0.552. The number of carbonyl (C=O) groups is 2. The highest BCUT2D eigenvalue weighted by atomic mass is 19.1. The van der Waals surface area contributed by atoms with Gasteiger partial charge in [0.2, 0.25) is 11.8 Å². The second kappa shape index (κ2) is 5.96. The molecule has 23 heavy (non-hydrogen) atoms. The van der Waals surface area contributed by atoms with Gasteiger partial charge in [-0.1, -0.05) is 6.07 Å². The number of halogens is 1. The summed E-state index contributed by atoms with van der Waals surface area (Å²) in [5.74, 6) is -1.40. The first-order chi connectivity index (χ1) is 11.0. The minimum absolute atomic E-state index is 0.0345. The van der Waals surface area contributed by atoms with E-state index in [1.165, 1.54) is 11.0 Å². The fraction of sp³-hybridized carbons (Fsp3) is 0.400. The molecule has 1 aromatic heterocycles. The third kappa shape index (κ3) is 2.77. The van der Waals surface area contributed by atoms with Crippen molar-refractivity contribution in [2.24, 2.45) is 5.92 Å². The third-order valence-corrected chi connectivity index (χ3v) is 3.93. The van der Waals surface area contributed by atoms with Crippen molar-refractivity contribution in [2.75, 3.05) is 18.1 Å². The minimum Gasteiger partial charge on any atom is -0.394 e. The van der Waals surface area contributed by atoms with Gasteiger partial charge < -0.3 is 10.4 Å². The SMILES string of the molecule is C[C@H](CO)NC(=O)[C@H]1CC(=O)N(c2n[nH]c3cccc(F)c23)C1. The Hall–Kier alpha value is -2.48. The van der Waals surface area contributed by atoms with Gasteiger partial charge in [-0.3, -0.25) is 19.6 Å². The van der Waals surface area contributed by atoms with E-state index in [0.29, 0.717) is 5.52 Å². The van der Waals surface area contributed by atoms with Gasteiger partial charge >= 0.3 is 0 Å². The predicted molar refractivity (Wildman–Crippen MR) is 81.2 cm³/mol. The summed E-state index contributed by atoms with van der Waals surface area (Å²) in [4.78, 5) is 25.6. The van der Waals surface area contributed by atoms with Crippen LogP contribution in [0.15, 0.2) is 18.2 Å². The molecule has 7 nitrogen and oxygen atoms in total. The van der Waals surface area contributed by atoms with E-state index < -0.39 is 11.7 Å². The van der Waals surface area contributed by atoms with E-state index in [1.54, 1.807) is 19.1 Å². The van der Waals surface area contributed by atoms with Gasteiger partial charge in [0, 0.05) is 19.0 Å². The molecule has 0 spiro atoms. The number of aliphatic hydroxyl groups excluding tert-OH is 1. The maximum atomic E-state index is 14.0. The van der Waals surface area contributed by atoms with Gasteiger partial charge in [-0.15, -0.1) is 0 Å². The molecule has 2 atom stereocenters. The summed E-state index contributed by atoms with van der Waals surface area (Å²) in [5.41, 5.74) is 0.495. The van der Waals surface area contributed by atoms with Crippen LogP contribution in [0.5, 0.6) is 0 Å². The molecular formula is C15H17FN4O3. The van der Waals surface area contributed by atoms with E-state index in [2.05, 4.69) is 15.5 Å². The zero-order valence-corrected chi connectivity index (χ0v) is 12.5. The van der Waals surface area contributed by atoms with Crippen molar-refractivity contribution >= 4 is 28.5 Å². The largest absolute Gasteiger partial charge is 0.394 e. The van der Waals surface area contributed by atoms with E-state index in [9.17, 15) is 14.0 Å². The average Bonchev–Trinajstić information content (AvgIpc) is 3.11. The Bertz CT molecular complexity index is 760. The van der Waals surface area contributed by atoms with Crippen LogP contribution in [0, 0.1) is 11.7 Å². The van der Waals surface area contributed by atoms with Crippen LogP contribution < -0.4 is 10.2 Å². The van der Waals surface area contributed by atoms with Crippen molar-refractivity contribution in [2.45, 2.75) is 19.4 Å². The number of hydrogen-bond donors (Lipinski definition) is 3. The van der Waals surface area contributed by atoms with Gasteiger partial charge in [-0.2, -0.15) is 5.10 Å². The number of aliphatic hydroxyl groups is 1. The molecule has 0 radical (unpaired) electrons. The molecule has 1 fully saturated rings. The molecule has 8 heteroatoms. The number of benzene rings is 1. The van der Waals surface area contributed by atoms with E-state index in [4.69, 9.17) is 5.11 Å². The summed E-state index contributed by atoms with van der Waals surface area (Å²) in [6.07, 6.45) is 0.0345. The lowest BCUT2D eigenvalue weighted by molar-refractivity contribution is -0.127. The van der Waals surface area contributed by atoms with Crippen molar-refractivity contribution in [1.29, 1.82) is 0 Å². The average molecular weight is 320 g/mol. The van der Waals surface area contributed by atoms with Crippen LogP contribution >= 0.6 is 0 Å². The normalized spacial score (nSPS) is 19.3. The van der Waals surface area contributed by atoms with Gasteiger partial charge in [0.15, 0.2) is 5.82 Å². The molecule has 2 heterocycles. The van der Waals surface area contributed by atoms with E-state index >= 15 is 0 Å². The van der Waals surface area contributed by atoms with E-state index in [-0.39, 0.29) is 48.6 Å². The van der Waals surface area contributed by atoms with Gasteiger partial charge in [-0.05, 0) is 19.1 Å². The number of rotatable bonds is 4. The van der Waals surface area contributed by atoms with Crippen LogP contribution in [-0.4, -0.2) is 46.3 Å². The zero-order valence-electron chi connectivity index (χ0n) is 12.5. The number of hydrogen-bond acceptors (Lipinski definition) is 4. The van der Waals surface area contributed by atoms with Crippen LogP contribution in [0.25, 0.3) is 10.9 Å². The first-order valence-electron chi connectivity index (χ1n) is 7.35. The summed E-state index contributed by atoms with van der Waals surface area (Å²) < 4.78 is 14.0. The molecule has 0 aliphatic carbocycles. The van der Waals surface area contributed by atoms with Gasteiger partial charge in [-0.25, -0.2) is 4.39 Å². The fourth-order valence-corrected chi connectivity index (χ4v) is 2.70. The van der Waals surface area contributed by atoms with Gasteiger partial charge in [0.05, 0.1) is 23.4 Å². The number of amides is 2. The Labute approximate surface area is 131 Å². The quantitative estimate of drug-likeness (QED) is 0.766. The maximum Gasteiger partial charge on any atom is 0.229 e. The number of aromatic amines is 1. The second-order valence-corrected chi connectivity index (χ2v) is 5.71. The van der Waals surface area contributed by atoms with Crippen molar-refractivity contribution in [3.05, 3.63) is 24.0 Å². The lowest BCUT2D eigenvalue weighted by atomic mass is 10.1. The summed E-state index contributed by atoms with van der Waals surface area (Å²) in [5, 5.41) is 18.6. The number of anilines is 1. The minimum atomic E-state index is -0.546. The van der Waals surface area contributed by atoms with Gasteiger partial charge in [0.25, 0.3) is 0 Å². The van der Waals surface area contributed by atoms with Crippen molar-refractivity contribution in [3.8, 4) is 0 Å². The van der Waals surface area contributed by atoms with Crippen LogP contribution in [-0.2, 0) is 9.59 Å². The molecule has 1 aromatic carbocycles. The molecule has 2 aromatic rings. The zero-order chi connectivity index (χ0) is 16.6. The Morgan fingerprint density at radius 2 is 2.39 bits per heavy atom. The topological polar surface area (TPSA) is 98.3 Å². The number of aromatic nitrogens is 2. The van der Waals surface area contributed by atoms with Crippen LogP contribution in [0.4, 0.5) is 10.2 Å². The fourth-order valence-electron chi connectivity index (χ4n) is 2.70. The number of H-pyrrole nitrogens is 1. The first kappa shape index (κ1) is 15.4. The van der Waals surface area contributed by atoms with E-state index in [1.807, 2.05) is 0 Å². The molecule has 3 N–H and O–H groups in total. The Balaban J connectivity index is 1.84. The first-order valence-corrected chi connectivity index (χ1v) is 7.35. The van der Waals surface area contributed by atoms with Crippen LogP contribution in [0.1, 0.15) is 13.3 Å². The molecule has 0 saturated carbocycles. The Kier molecular flexibility index (Phi) is 3.99. The standard InChI is InChI=1S/C15H17FN4O3/c1-8(7-21)17-15(23)9-5-12(22)20(6-9)14-13-10(16)3-2-4-11(13)18-19-14/h2-4,8-9,21H,5-7H2,1H3,(H,17,23)(H,18,19)/t8-,9+/m1/s1. The molecule has 0 unspecified atom stereocenters. The lowest BCUT2D eigenvalue weighted by Gasteiger charge is -2.16. The summed E-state index contributed by atoms with van der Waals surface area (Å²) in [6.45, 7) is 1.63. The van der Waals surface area contributed by atoms with Crippen LogP contribution in [0.2, 0.25) is 0 Å². The van der Waals surface area contributed by atoms with Crippen LogP contribution in [0.3, 0.4) is 0 Å². The van der Waals surface area contributed by atoms with Crippen molar-refractivity contribution in [3.63, 3.8) is 0 Å². The number of nitrogens with zero attached hydrogens (tertiary/aromatic N) is 2. The summed E-state index contributed by atoms with van der Waals surface area (Å²) >= 11 is 0. The van der Waals surface area contributed by atoms with Crippen molar-refractivity contribution < 1.29 is 19.1 Å². The molecule has 2 amide bonds. The second-order valence-electron chi connectivity index (χ2n) is 5.71. The molecular weight excluding hydrogens is 303 g/mol. The highest BCUT2D eigenvalue weighted by Crippen LogP contribution is 2.31. The number of nitrogens with one attached hydrogen (secondary N) is 2. The summed E-state index contributed by atoms with van der Waals surface area (Å²) in [7, 11) is 0. The molecule has 1 aliphatic heterocycles. The molecule has 3 rings (SSSR count). The molecule has 122 valence electrons. The molecule has 0 bridgehead atoms. The monoisotopic (exact) mass is 320 g/mol. The van der Waals surface area contributed by atoms with Gasteiger partial charge in [0.1, 0.15) is 5.82 Å². The van der Waals surface area contributed by atoms with Crippen molar-refractivity contribution in [1.82, 2.24) is 15.5 Å².